The molecule has 0 spiro atoms. The monoisotopic (exact) mass is 426 g/mol. The van der Waals surface area contributed by atoms with Gasteiger partial charge in [-0.25, -0.2) is 4.98 Å². The lowest BCUT2D eigenvalue weighted by atomic mass is 9.94. The average Bonchev–Trinajstić information content (AvgIpc) is 3.41. The molecule has 9 heteroatoms. The van der Waals surface area contributed by atoms with Crippen LogP contribution in [-0.4, -0.2) is 54.5 Å². The number of nitrogens with one attached hydrogen (secondary N) is 1. The predicted molar refractivity (Wildman–Crippen MR) is 114 cm³/mol. The van der Waals surface area contributed by atoms with Crippen molar-refractivity contribution in [2.45, 2.75) is 66.1 Å². The summed E-state index contributed by atoms with van der Waals surface area (Å²) >= 11 is 0. The van der Waals surface area contributed by atoms with Crippen LogP contribution in [-0.2, 0) is 24.3 Å². The SMILES string of the molecule is CCn1nccc1C(=O)N1CCc2nc(C3CCCN3C(=O)C(C)(C)C)[nH]c(=O)c2C1. The van der Waals surface area contributed by atoms with Crippen LogP contribution in [0.2, 0.25) is 0 Å². The second kappa shape index (κ2) is 7.94. The maximum Gasteiger partial charge on any atom is 0.272 e. The molecule has 0 aromatic carbocycles. The minimum Gasteiger partial charge on any atom is -0.332 e. The van der Waals surface area contributed by atoms with Crippen LogP contribution in [0.4, 0.5) is 0 Å². The summed E-state index contributed by atoms with van der Waals surface area (Å²) in [5, 5.41) is 4.16. The molecule has 1 fully saturated rings. The van der Waals surface area contributed by atoms with Crippen LogP contribution >= 0.6 is 0 Å². The molecule has 1 unspecified atom stereocenters. The van der Waals surface area contributed by atoms with E-state index >= 15 is 0 Å². The summed E-state index contributed by atoms with van der Waals surface area (Å²) in [6.45, 7) is 9.65. The van der Waals surface area contributed by atoms with Gasteiger partial charge in [-0.15, -0.1) is 0 Å². The number of H-pyrrole nitrogens is 1. The molecule has 2 amide bonds. The van der Waals surface area contributed by atoms with Crippen LogP contribution in [0.15, 0.2) is 17.1 Å². The van der Waals surface area contributed by atoms with Gasteiger partial charge in [0.15, 0.2) is 0 Å². The van der Waals surface area contributed by atoms with Crippen molar-refractivity contribution in [2.75, 3.05) is 13.1 Å². The van der Waals surface area contributed by atoms with E-state index in [9.17, 15) is 14.4 Å². The van der Waals surface area contributed by atoms with Crippen LogP contribution in [0.1, 0.15) is 74.1 Å². The van der Waals surface area contributed by atoms with Crippen LogP contribution in [0.5, 0.6) is 0 Å². The van der Waals surface area contributed by atoms with E-state index in [2.05, 4.69) is 10.1 Å². The molecule has 0 radical (unpaired) electrons. The van der Waals surface area contributed by atoms with Crippen LogP contribution in [0, 0.1) is 5.41 Å². The average molecular weight is 427 g/mol. The number of aryl methyl sites for hydroxylation is 1. The van der Waals surface area contributed by atoms with E-state index in [0.29, 0.717) is 43.1 Å². The van der Waals surface area contributed by atoms with Crippen molar-refractivity contribution in [1.29, 1.82) is 0 Å². The number of amides is 2. The molecule has 1 saturated heterocycles. The van der Waals surface area contributed by atoms with Gasteiger partial charge in [0.2, 0.25) is 5.91 Å². The summed E-state index contributed by atoms with van der Waals surface area (Å²) in [6.07, 6.45) is 3.80. The number of carbonyl (C=O) groups is 2. The zero-order valence-corrected chi connectivity index (χ0v) is 18.6. The topological polar surface area (TPSA) is 104 Å². The number of nitrogens with zero attached hydrogens (tertiary/aromatic N) is 5. The second-order valence-electron chi connectivity index (χ2n) is 9.29. The minimum atomic E-state index is -0.483. The van der Waals surface area contributed by atoms with Gasteiger partial charge in [-0.1, -0.05) is 20.8 Å². The first kappa shape index (κ1) is 21.3. The number of fused-ring (bicyclic) bond motifs is 1. The second-order valence-corrected chi connectivity index (χ2v) is 9.29. The fraction of sp³-hybridized carbons (Fsp3) is 0.591. The highest BCUT2D eigenvalue weighted by atomic mass is 16.2. The van der Waals surface area contributed by atoms with E-state index in [4.69, 9.17) is 4.98 Å². The highest BCUT2D eigenvalue weighted by Crippen LogP contribution is 2.34. The largest absolute Gasteiger partial charge is 0.332 e. The fourth-order valence-electron chi connectivity index (χ4n) is 4.43. The predicted octanol–water partition coefficient (Wildman–Crippen LogP) is 1.89. The van der Waals surface area contributed by atoms with E-state index in [0.717, 1.165) is 18.5 Å². The van der Waals surface area contributed by atoms with Gasteiger partial charge in [-0.2, -0.15) is 5.10 Å². The van der Waals surface area contributed by atoms with Gasteiger partial charge in [-0.05, 0) is 25.8 Å². The number of aromatic amines is 1. The van der Waals surface area contributed by atoms with Crippen molar-refractivity contribution in [1.82, 2.24) is 29.5 Å². The minimum absolute atomic E-state index is 0.0691. The van der Waals surface area contributed by atoms with Crippen molar-refractivity contribution in [2.24, 2.45) is 5.41 Å². The molecular weight excluding hydrogens is 396 g/mol. The summed E-state index contributed by atoms with van der Waals surface area (Å²) in [6, 6.07) is 1.50. The maximum atomic E-state index is 12.9. The Bertz CT molecular complexity index is 1060. The molecule has 4 heterocycles. The van der Waals surface area contributed by atoms with Gasteiger partial charge in [0.1, 0.15) is 11.5 Å². The standard InChI is InChI=1S/C22H30N6O3/c1-5-28-17(8-10-23-28)20(30)26-12-9-15-14(13-26)19(29)25-18(24-15)16-7-6-11-27(16)21(31)22(2,3)4/h8,10,16H,5-7,9,11-13H2,1-4H3,(H,24,25,29). The van der Waals surface area contributed by atoms with Crippen molar-refractivity contribution in [3.05, 3.63) is 45.4 Å². The van der Waals surface area contributed by atoms with E-state index in [-0.39, 0.29) is 30.0 Å². The van der Waals surface area contributed by atoms with Gasteiger partial charge in [-0.3, -0.25) is 19.1 Å². The van der Waals surface area contributed by atoms with Gasteiger partial charge in [0, 0.05) is 37.7 Å². The molecule has 2 aliphatic heterocycles. The smallest absolute Gasteiger partial charge is 0.272 e. The molecule has 0 aliphatic carbocycles. The maximum absolute atomic E-state index is 12.9. The molecule has 31 heavy (non-hydrogen) atoms. The van der Waals surface area contributed by atoms with Gasteiger partial charge in [0.25, 0.3) is 11.5 Å². The van der Waals surface area contributed by atoms with Crippen molar-refractivity contribution < 1.29 is 9.59 Å². The first-order valence-electron chi connectivity index (χ1n) is 10.9. The zero-order chi connectivity index (χ0) is 22.3. The van der Waals surface area contributed by atoms with E-state index in [1.807, 2.05) is 32.6 Å². The van der Waals surface area contributed by atoms with Gasteiger partial charge in [0.05, 0.1) is 23.8 Å². The summed E-state index contributed by atoms with van der Waals surface area (Å²) in [5.74, 6) is 0.494. The number of hydrogen-bond acceptors (Lipinski definition) is 5. The summed E-state index contributed by atoms with van der Waals surface area (Å²) < 4.78 is 1.66. The lowest BCUT2D eigenvalue weighted by Gasteiger charge is -2.31. The Hall–Kier alpha value is -2.97. The molecular formula is C22H30N6O3. The van der Waals surface area contributed by atoms with Crippen molar-refractivity contribution in [3.8, 4) is 0 Å². The Balaban J connectivity index is 1.58. The third-order valence-corrected chi connectivity index (χ3v) is 6.08. The van der Waals surface area contributed by atoms with Crippen molar-refractivity contribution in [3.63, 3.8) is 0 Å². The molecule has 166 valence electrons. The summed E-state index contributed by atoms with van der Waals surface area (Å²) in [7, 11) is 0. The Labute approximate surface area is 181 Å². The van der Waals surface area contributed by atoms with E-state index in [1.54, 1.807) is 21.8 Å². The molecule has 0 bridgehead atoms. The highest BCUT2D eigenvalue weighted by molar-refractivity contribution is 5.92. The summed E-state index contributed by atoms with van der Waals surface area (Å²) in [4.78, 5) is 49.9. The van der Waals surface area contributed by atoms with E-state index in [1.165, 1.54) is 0 Å². The van der Waals surface area contributed by atoms with Crippen LogP contribution < -0.4 is 5.56 Å². The number of likely N-dealkylation sites (tertiary alicyclic amines) is 1. The highest BCUT2D eigenvalue weighted by Gasteiger charge is 2.37. The molecule has 4 rings (SSSR count). The molecule has 0 saturated carbocycles. The number of carbonyl (C=O) groups excluding carboxylic acids is 2. The number of rotatable bonds is 3. The Kier molecular flexibility index (Phi) is 5.45. The molecule has 1 N–H and O–H groups in total. The van der Waals surface area contributed by atoms with Gasteiger partial charge >= 0.3 is 0 Å². The summed E-state index contributed by atoms with van der Waals surface area (Å²) in [5.41, 5.74) is 1.06. The fourth-order valence-corrected chi connectivity index (χ4v) is 4.43. The Morgan fingerprint density at radius 1 is 1.26 bits per heavy atom. The third-order valence-electron chi connectivity index (χ3n) is 6.08. The molecule has 2 aromatic heterocycles. The molecule has 2 aliphatic rings. The Morgan fingerprint density at radius 2 is 2.03 bits per heavy atom. The molecule has 2 aromatic rings. The van der Waals surface area contributed by atoms with Crippen LogP contribution in [0.25, 0.3) is 0 Å². The Morgan fingerprint density at radius 3 is 2.74 bits per heavy atom. The lowest BCUT2D eigenvalue weighted by molar-refractivity contribution is -0.140. The van der Waals surface area contributed by atoms with Crippen LogP contribution in [0.3, 0.4) is 0 Å². The van der Waals surface area contributed by atoms with Gasteiger partial charge < -0.3 is 14.8 Å². The zero-order valence-electron chi connectivity index (χ0n) is 18.6. The number of hydrogen-bond donors (Lipinski definition) is 1. The van der Waals surface area contributed by atoms with Crippen molar-refractivity contribution >= 4 is 11.8 Å². The third kappa shape index (κ3) is 3.88. The lowest BCUT2D eigenvalue weighted by Crippen LogP contribution is -2.42. The molecule has 1 atom stereocenters. The first-order valence-corrected chi connectivity index (χ1v) is 10.9. The first-order chi connectivity index (χ1) is 14.7. The quantitative estimate of drug-likeness (QED) is 0.807. The van der Waals surface area contributed by atoms with E-state index < -0.39 is 5.41 Å². The number of aromatic nitrogens is 4. The molecule has 9 nitrogen and oxygen atoms in total. The normalized spacial score (nSPS) is 18.9.